The molecule has 18 heteroatoms. The number of anilines is 1. The van der Waals surface area contributed by atoms with E-state index in [9.17, 15) is 19.5 Å². The van der Waals surface area contributed by atoms with Crippen LogP contribution in [0.25, 0.3) is 33.3 Å². The molecule has 5 aromatic rings. The molecule has 5 rings (SSSR count). The first-order chi connectivity index (χ1) is 32.3. The Hall–Kier alpha value is -5.78. The van der Waals surface area contributed by atoms with Gasteiger partial charge in [0.2, 0.25) is 0 Å². The maximum absolute atomic E-state index is 12.4. The van der Waals surface area contributed by atoms with Crippen LogP contribution in [0.15, 0.2) is 54.9 Å². The summed E-state index contributed by atoms with van der Waals surface area (Å²) in [6, 6.07) is 13.9. The Kier molecular flexibility index (Phi) is 23.0. The Morgan fingerprint density at radius 3 is 1.98 bits per heavy atom. The van der Waals surface area contributed by atoms with Gasteiger partial charge < -0.3 is 54.3 Å². The number of hydrogen-bond acceptors (Lipinski definition) is 15. The summed E-state index contributed by atoms with van der Waals surface area (Å²) in [5.74, 6) is 3.13. The van der Waals surface area contributed by atoms with E-state index >= 15 is 0 Å². The minimum atomic E-state index is -0.203. The van der Waals surface area contributed by atoms with Crippen LogP contribution in [0.2, 0.25) is 0 Å². The number of rotatable bonds is 36. The topological polar surface area (TPSA) is 233 Å². The summed E-state index contributed by atoms with van der Waals surface area (Å²) in [4.78, 5) is 48.6. The van der Waals surface area contributed by atoms with Crippen LogP contribution in [0, 0.1) is 12.3 Å². The summed E-state index contributed by atoms with van der Waals surface area (Å²) in [6.45, 7) is 6.67. The number of amides is 1. The molecular weight excluding hydrogens is 851 g/mol. The fraction of sp³-hybridized carbons (Fsp3) is 0.500. The molecule has 0 spiro atoms. The van der Waals surface area contributed by atoms with Crippen molar-refractivity contribution in [1.29, 1.82) is 0 Å². The average molecular weight is 914 g/mol. The molecule has 66 heavy (non-hydrogen) atoms. The largest absolute Gasteiger partial charge is 0.508 e. The van der Waals surface area contributed by atoms with E-state index in [0.29, 0.717) is 171 Å². The predicted molar refractivity (Wildman–Crippen MR) is 248 cm³/mol. The molecular formula is C48H63N7O11. The number of aromatic nitrogens is 5. The number of fused-ring (bicyclic) bond motifs is 2. The number of terminal acetylenes is 1. The second-order valence-corrected chi connectivity index (χ2v) is 15.2. The van der Waals surface area contributed by atoms with Gasteiger partial charge in [-0.05, 0) is 61.7 Å². The van der Waals surface area contributed by atoms with Gasteiger partial charge in [0.25, 0.3) is 5.91 Å². The molecule has 2 aromatic carbocycles. The number of nitrogens with two attached hydrogens (primary N) is 1. The van der Waals surface area contributed by atoms with Crippen molar-refractivity contribution >= 4 is 45.2 Å². The molecule has 0 fully saturated rings. The second kappa shape index (κ2) is 29.7. The molecule has 356 valence electrons. The maximum Gasteiger partial charge on any atom is 0.251 e. The summed E-state index contributed by atoms with van der Waals surface area (Å²) in [5.41, 5.74) is 10.3. The number of nitrogen functional groups attached to an aromatic ring is 1. The van der Waals surface area contributed by atoms with Crippen molar-refractivity contribution in [3.63, 3.8) is 0 Å². The summed E-state index contributed by atoms with van der Waals surface area (Å²) >= 11 is 0. The number of carbonyl (C=O) groups excluding carboxylic acids is 3. The summed E-state index contributed by atoms with van der Waals surface area (Å²) < 4.78 is 40.5. The number of ketones is 2. The number of aryl methyl sites for hydroxylation is 1. The molecule has 0 unspecified atom stereocenters. The number of H-pyrrole nitrogens is 1. The molecule has 18 nitrogen and oxygen atoms in total. The van der Waals surface area contributed by atoms with Gasteiger partial charge in [0, 0.05) is 67.4 Å². The molecule has 5 N–H and O–H groups in total. The molecule has 0 bridgehead atoms. The minimum absolute atomic E-state index is 0.126. The number of phenols is 1. The number of aromatic hydroxyl groups is 1. The van der Waals surface area contributed by atoms with Gasteiger partial charge in [-0.1, -0.05) is 18.4 Å². The molecule has 0 radical (unpaired) electrons. The molecule has 0 saturated heterocycles. The van der Waals surface area contributed by atoms with Crippen molar-refractivity contribution in [2.24, 2.45) is 0 Å². The molecule has 3 aromatic heterocycles. The fourth-order valence-electron chi connectivity index (χ4n) is 6.77. The van der Waals surface area contributed by atoms with E-state index in [-0.39, 0.29) is 23.2 Å². The van der Waals surface area contributed by atoms with Crippen LogP contribution >= 0.6 is 0 Å². The number of carbonyl (C=O) groups is 3. The van der Waals surface area contributed by atoms with Crippen LogP contribution in [0.5, 0.6) is 5.75 Å². The van der Waals surface area contributed by atoms with Crippen LogP contribution in [0.1, 0.15) is 67.3 Å². The minimum Gasteiger partial charge on any atom is -0.508 e. The Bertz CT molecular complexity index is 2290. The van der Waals surface area contributed by atoms with Crippen LogP contribution in [-0.4, -0.2) is 146 Å². The number of ether oxygens (including phenoxy) is 7. The lowest BCUT2D eigenvalue weighted by atomic mass is 10.1. The second-order valence-electron chi connectivity index (χ2n) is 15.2. The number of nitrogens with zero attached hydrogens (tertiary/aromatic N) is 4. The summed E-state index contributed by atoms with van der Waals surface area (Å²) in [6.07, 6.45) is 11.5. The van der Waals surface area contributed by atoms with Gasteiger partial charge in [0.15, 0.2) is 5.65 Å². The SMILES string of the molecule is C#Cc1cccc(C(=O)NCCOCCOCCOCCC(=O)CCCOCCOCCOCCOCCC(=O)CCCCCn2nc(-c3cc4cc(O)ccc4[nH]3)c3c(N)ncnc32)c1. The first kappa shape index (κ1) is 51.2. The maximum atomic E-state index is 12.4. The highest BCUT2D eigenvalue weighted by molar-refractivity contribution is 6.00. The number of phenolic OH excluding ortho intramolecular Hbond substituents is 1. The van der Waals surface area contributed by atoms with Crippen molar-refractivity contribution in [1.82, 2.24) is 30.0 Å². The van der Waals surface area contributed by atoms with E-state index in [1.807, 2.05) is 16.8 Å². The Morgan fingerprint density at radius 1 is 0.697 bits per heavy atom. The van der Waals surface area contributed by atoms with Crippen molar-refractivity contribution < 1.29 is 52.6 Å². The molecule has 3 heterocycles. The van der Waals surface area contributed by atoms with E-state index < -0.39 is 0 Å². The van der Waals surface area contributed by atoms with Crippen molar-refractivity contribution in [3.8, 4) is 29.5 Å². The Morgan fingerprint density at radius 2 is 1.32 bits per heavy atom. The zero-order valence-corrected chi connectivity index (χ0v) is 37.6. The van der Waals surface area contributed by atoms with Gasteiger partial charge >= 0.3 is 0 Å². The lowest BCUT2D eigenvalue weighted by Crippen LogP contribution is -2.27. The lowest BCUT2D eigenvalue weighted by Gasteiger charge is -2.08. The van der Waals surface area contributed by atoms with Gasteiger partial charge in [0.05, 0.1) is 97.0 Å². The Labute approximate surface area is 385 Å². The highest BCUT2D eigenvalue weighted by atomic mass is 16.6. The Balaban J connectivity index is 0.742. The third-order valence-corrected chi connectivity index (χ3v) is 10.2. The lowest BCUT2D eigenvalue weighted by molar-refractivity contribution is -0.121. The van der Waals surface area contributed by atoms with Crippen molar-refractivity contribution in [3.05, 3.63) is 66.0 Å². The van der Waals surface area contributed by atoms with Crippen LogP contribution in [0.4, 0.5) is 5.82 Å². The summed E-state index contributed by atoms with van der Waals surface area (Å²) in [5, 5.41) is 19.0. The van der Waals surface area contributed by atoms with Crippen molar-refractivity contribution in [2.75, 3.05) is 105 Å². The van der Waals surface area contributed by atoms with Gasteiger partial charge in [-0.25, -0.2) is 14.6 Å². The summed E-state index contributed by atoms with van der Waals surface area (Å²) in [7, 11) is 0. The first-order valence-corrected chi connectivity index (χ1v) is 22.5. The van der Waals surface area contributed by atoms with Gasteiger partial charge in [-0.2, -0.15) is 5.10 Å². The van der Waals surface area contributed by atoms with Gasteiger partial charge in [-0.15, -0.1) is 6.42 Å². The third kappa shape index (κ3) is 18.2. The van der Waals surface area contributed by atoms with Gasteiger partial charge in [0.1, 0.15) is 35.2 Å². The van der Waals surface area contributed by atoms with Gasteiger partial charge in [-0.3, -0.25) is 14.4 Å². The number of Topliss-reactive ketones (excluding diaryl/α,β-unsaturated/α-hetero) is 2. The zero-order valence-electron chi connectivity index (χ0n) is 37.6. The molecule has 0 saturated carbocycles. The quantitative estimate of drug-likeness (QED) is 0.0304. The molecule has 1 amide bonds. The smallest absolute Gasteiger partial charge is 0.251 e. The van der Waals surface area contributed by atoms with Crippen LogP contribution in [-0.2, 0) is 49.3 Å². The van der Waals surface area contributed by atoms with E-state index in [2.05, 4.69) is 26.2 Å². The predicted octanol–water partition coefficient (Wildman–Crippen LogP) is 5.05. The highest BCUT2D eigenvalue weighted by Crippen LogP contribution is 2.32. The number of nitrogens with one attached hydrogen (secondary N) is 2. The standard InChI is InChI=1S/C48H63N7O11/c1-2-36-8-6-9-37(32-36)48(59)50-16-21-63-25-29-65-27-23-62-20-15-40(57)11-7-18-60-22-26-64-30-31-66-28-24-61-19-14-39(56)10-4-3-5-17-55-47-44(46(49)51-35-52-47)45(54-55)43-34-38-33-41(58)12-13-42(38)53-43/h1,6,8-9,12-13,32-35,53,58H,3-5,7,10-11,14-31H2,(H,50,59)(H2,49,51,52). The van der Waals surface area contributed by atoms with E-state index in [4.69, 9.17) is 50.4 Å². The number of aromatic amines is 1. The number of benzene rings is 2. The highest BCUT2D eigenvalue weighted by Gasteiger charge is 2.19. The van der Waals surface area contributed by atoms with Crippen LogP contribution in [0.3, 0.4) is 0 Å². The average Bonchev–Trinajstić information content (AvgIpc) is 3.92. The molecule has 0 atom stereocenters. The molecule has 0 aliphatic rings. The monoisotopic (exact) mass is 913 g/mol. The van der Waals surface area contributed by atoms with Crippen molar-refractivity contribution in [2.45, 2.75) is 57.9 Å². The van der Waals surface area contributed by atoms with E-state index in [0.717, 1.165) is 35.9 Å². The number of unbranched alkanes of at least 4 members (excludes halogenated alkanes) is 2. The first-order valence-electron chi connectivity index (χ1n) is 22.5. The van der Waals surface area contributed by atoms with Crippen LogP contribution < -0.4 is 11.1 Å². The van der Waals surface area contributed by atoms with E-state index in [1.165, 1.54) is 6.33 Å². The fourth-order valence-corrected chi connectivity index (χ4v) is 6.77. The molecule has 0 aliphatic carbocycles. The zero-order chi connectivity index (χ0) is 46.6. The van der Waals surface area contributed by atoms with E-state index in [1.54, 1.807) is 36.4 Å². The third-order valence-electron chi connectivity index (χ3n) is 10.2. The molecule has 0 aliphatic heterocycles. The normalized spacial score (nSPS) is 11.4. The number of hydrogen-bond donors (Lipinski definition) is 4.